The molecule has 0 radical (unpaired) electrons. The fourth-order valence-corrected chi connectivity index (χ4v) is 3.04. The molecule has 1 unspecified atom stereocenters. The summed E-state index contributed by atoms with van der Waals surface area (Å²) < 4.78 is 5.23. The number of methoxy groups -OCH3 is 1. The molecule has 0 saturated carbocycles. The molecule has 102 valence electrons. The molecule has 0 aliphatic heterocycles. The van der Waals surface area contributed by atoms with E-state index in [4.69, 9.17) is 16.3 Å². The monoisotopic (exact) mass is 295 g/mol. The van der Waals surface area contributed by atoms with E-state index in [1.807, 2.05) is 29.5 Å². The average Bonchev–Trinajstić information content (AvgIpc) is 2.90. The quantitative estimate of drug-likeness (QED) is 0.824. The number of rotatable bonds is 5. The van der Waals surface area contributed by atoms with Gasteiger partial charge < -0.3 is 10.1 Å². The normalized spacial score (nSPS) is 12.2. The van der Waals surface area contributed by atoms with Gasteiger partial charge in [0.1, 0.15) is 5.75 Å². The number of hydrogen-bond acceptors (Lipinski definition) is 3. The minimum absolute atomic E-state index is 0.274. The molecule has 0 saturated heterocycles. The van der Waals surface area contributed by atoms with E-state index in [0.717, 1.165) is 12.1 Å². The van der Waals surface area contributed by atoms with Crippen LogP contribution in [0, 0.1) is 0 Å². The molecule has 0 aliphatic rings. The second kappa shape index (κ2) is 6.31. The number of anilines is 1. The van der Waals surface area contributed by atoms with Crippen LogP contribution in [-0.4, -0.2) is 7.11 Å². The van der Waals surface area contributed by atoms with Crippen LogP contribution in [0.15, 0.2) is 30.3 Å². The molecule has 0 amide bonds. The molecule has 19 heavy (non-hydrogen) atoms. The zero-order valence-corrected chi connectivity index (χ0v) is 12.9. The van der Waals surface area contributed by atoms with Crippen LogP contribution in [0.5, 0.6) is 5.75 Å². The first-order chi connectivity index (χ1) is 9.13. The molecule has 2 nitrogen and oxygen atoms in total. The highest BCUT2D eigenvalue weighted by molar-refractivity contribution is 7.12. The standard InChI is InChI=1S/C15H18ClNOS/c1-4-12-6-8-15(19-12)10(2)17-11-5-7-13(16)14(9-11)18-3/h5-10,17H,4H2,1-3H3. The van der Waals surface area contributed by atoms with E-state index in [-0.39, 0.29) is 6.04 Å². The Labute approximate surface area is 123 Å². The van der Waals surface area contributed by atoms with Gasteiger partial charge in [-0.2, -0.15) is 0 Å². The minimum atomic E-state index is 0.274. The van der Waals surface area contributed by atoms with Gasteiger partial charge in [-0.15, -0.1) is 11.3 Å². The molecule has 1 heterocycles. The average molecular weight is 296 g/mol. The lowest BCUT2D eigenvalue weighted by Crippen LogP contribution is -2.04. The minimum Gasteiger partial charge on any atom is -0.495 e. The lowest BCUT2D eigenvalue weighted by molar-refractivity contribution is 0.415. The van der Waals surface area contributed by atoms with Crippen LogP contribution in [0.4, 0.5) is 5.69 Å². The Bertz CT molecular complexity index is 553. The van der Waals surface area contributed by atoms with E-state index in [0.29, 0.717) is 10.8 Å². The summed E-state index contributed by atoms with van der Waals surface area (Å²) in [5.41, 5.74) is 1.01. The highest BCUT2D eigenvalue weighted by atomic mass is 35.5. The van der Waals surface area contributed by atoms with Crippen LogP contribution in [0.25, 0.3) is 0 Å². The first-order valence-corrected chi connectivity index (χ1v) is 7.52. The molecular formula is C15H18ClNOS. The van der Waals surface area contributed by atoms with E-state index in [9.17, 15) is 0 Å². The number of hydrogen-bond donors (Lipinski definition) is 1. The van der Waals surface area contributed by atoms with Gasteiger partial charge in [0.05, 0.1) is 18.2 Å². The van der Waals surface area contributed by atoms with Gasteiger partial charge in [0.15, 0.2) is 0 Å². The molecule has 2 aromatic rings. The maximum absolute atomic E-state index is 6.02. The maximum atomic E-state index is 6.02. The number of benzene rings is 1. The molecule has 0 aliphatic carbocycles. The van der Waals surface area contributed by atoms with Crippen molar-refractivity contribution in [2.24, 2.45) is 0 Å². The lowest BCUT2D eigenvalue weighted by Gasteiger charge is -2.15. The number of aryl methyl sites for hydroxylation is 1. The highest BCUT2D eigenvalue weighted by Gasteiger charge is 2.09. The van der Waals surface area contributed by atoms with E-state index >= 15 is 0 Å². The van der Waals surface area contributed by atoms with Crippen LogP contribution in [0.3, 0.4) is 0 Å². The third kappa shape index (κ3) is 3.43. The third-order valence-electron chi connectivity index (χ3n) is 2.99. The summed E-state index contributed by atoms with van der Waals surface area (Å²) in [6, 6.07) is 10.4. The molecule has 4 heteroatoms. The molecule has 0 bridgehead atoms. The predicted octanol–water partition coefficient (Wildman–Crippen LogP) is 5.15. The van der Waals surface area contributed by atoms with Crippen molar-refractivity contribution < 1.29 is 4.74 Å². The molecule has 1 aromatic carbocycles. The smallest absolute Gasteiger partial charge is 0.139 e. The van der Waals surface area contributed by atoms with Crippen molar-refractivity contribution in [3.8, 4) is 5.75 Å². The van der Waals surface area contributed by atoms with Gasteiger partial charge in [0.25, 0.3) is 0 Å². The van der Waals surface area contributed by atoms with E-state index in [1.165, 1.54) is 9.75 Å². The fourth-order valence-electron chi connectivity index (χ4n) is 1.89. The summed E-state index contributed by atoms with van der Waals surface area (Å²) in [6.07, 6.45) is 1.09. The number of ether oxygens (including phenoxy) is 1. The Morgan fingerprint density at radius 1 is 1.32 bits per heavy atom. The predicted molar refractivity (Wildman–Crippen MR) is 83.7 cm³/mol. The van der Waals surface area contributed by atoms with Crippen molar-refractivity contribution in [2.75, 3.05) is 12.4 Å². The summed E-state index contributed by atoms with van der Waals surface area (Å²) in [5, 5.41) is 4.10. The largest absolute Gasteiger partial charge is 0.495 e. The Morgan fingerprint density at radius 3 is 2.74 bits per heavy atom. The van der Waals surface area contributed by atoms with Gasteiger partial charge in [0, 0.05) is 21.5 Å². The molecule has 0 fully saturated rings. The fraction of sp³-hybridized carbons (Fsp3) is 0.333. The van der Waals surface area contributed by atoms with Gasteiger partial charge in [-0.25, -0.2) is 0 Å². The first-order valence-electron chi connectivity index (χ1n) is 6.32. The van der Waals surface area contributed by atoms with Crippen LogP contribution >= 0.6 is 22.9 Å². The van der Waals surface area contributed by atoms with Crippen molar-refractivity contribution in [2.45, 2.75) is 26.3 Å². The van der Waals surface area contributed by atoms with Crippen LogP contribution in [0.1, 0.15) is 29.6 Å². The maximum Gasteiger partial charge on any atom is 0.139 e. The molecule has 2 rings (SSSR count). The van der Waals surface area contributed by atoms with Crippen molar-refractivity contribution in [3.05, 3.63) is 45.1 Å². The molecule has 1 aromatic heterocycles. The molecular weight excluding hydrogens is 278 g/mol. The van der Waals surface area contributed by atoms with E-state index in [1.54, 1.807) is 7.11 Å². The van der Waals surface area contributed by atoms with Crippen LogP contribution < -0.4 is 10.1 Å². The third-order valence-corrected chi connectivity index (χ3v) is 4.72. The van der Waals surface area contributed by atoms with Gasteiger partial charge in [-0.1, -0.05) is 18.5 Å². The summed E-state index contributed by atoms with van der Waals surface area (Å²) in [6.45, 7) is 4.34. The van der Waals surface area contributed by atoms with Crippen molar-refractivity contribution in [3.63, 3.8) is 0 Å². The molecule has 1 atom stereocenters. The Hall–Kier alpha value is -1.19. The Balaban J connectivity index is 2.11. The van der Waals surface area contributed by atoms with Crippen molar-refractivity contribution in [1.82, 2.24) is 0 Å². The zero-order valence-electron chi connectivity index (χ0n) is 11.4. The number of nitrogens with one attached hydrogen (secondary N) is 1. The summed E-state index contributed by atoms with van der Waals surface area (Å²) in [4.78, 5) is 2.75. The summed E-state index contributed by atoms with van der Waals surface area (Å²) in [5.74, 6) is 0.694. The number of thiophene rings is 1. The van der Waals surface area contributed by atoms with Crippen LogP contribution in [-0.2, 0) is 6.42 Å². The second-order valence-corrected chi connectivity index (χ2v) is 5.98. The van der Waals surface area contributed by atoms with Gasteiger partial charge in [0.2, 0.25) is 0 Å². The van der Waals surface area contributed by atoms with Gasteiger partial charge in [-0.3, -0.25) is 0 Å². The Kier molecular flexibility index (Phi) is 4.72. The van der Waals surface area contributed by atoms with Gasteiger partial charge >= 0.3 is 0 Å². The van der Waals surface area contributed by atoms with Crippen LogP contribution in [0.2, 0.25) is 5.02 Å². The first kappa shape index (κ1) is 14.2. The van der Waals surface area contributed by atoms with E-state index < -0.39 is 0 Å². The highest BCUT2D eigenvalue weighted by Crippen LogP contribution is 2.31. The van der Waals surface area contributed by atoms with Crippen molar-refractivity contribution in [1.29, 1.82) is 0 Å². The second-order valence-electron chi connectivity index (χ2n) is 4.37. The SMILES string of the molecule is CCc1ccc(C(C)Nc2ccc(Cl)c(OC)c2)s1. The summed E-state index contributed by atoms with van der Waals surface area (Å²) >= 11 is 7.87. The molecule has 1 N–H and O–H groups in total. The van der Waals surface area contributed by atoms with Crippen molar-refractivity contribution >= 4 is 28.6 Å². The molecule has 0 spiro atoms. The Morgan fingerprint density at radius 2 is 2.11 bits per heavy atom. The number of halogens is 1. The lowest BCUT2D eigenvalue weighted by atomic mass is 10.2. The summed E-state index contributed by atoms with van der Waals surface area (Å²) in [7, 11) is 1.63. The van der Waals surface area contributed by atoms with E-state index in [2.05, 4.69) is 31.3 Å². The topological polar surface area (TPSA) is 21.3 Å². The zero-order chi connectivity index (χ0) is 13.8. The van der Waals surface area contributed by atoms with Gasteiger partial charge in [-0.05, 0) is 37.6 Å².